The maximum Gasteiger partial charge on any atom is 0.253 e. The van der Waals surface area contributed by atoms with E-state index in [0.29, 0.717) is 6.61 Å². The molecule has 0 spiro atoms. The Balaban J connectivity index is 1.27. The average molecular weight is 387 g/mol. The topological polar surface area (TPSA) is 45.7 Å². The van der Waals surface area contributed by atoms with E-state index in [1.807, 2.05) is 71.8 Å². The minimum absolute atomic E-state index is 0.0987. The summed E-state index contributed by atoms with van der Waals surface area (Å²) in [4.78, 5) is 21.3. The van der Waals surface area contributed by atoms with Gasteiger partial charge in [-0.25, -0.2) is 0 Å². The van der Waals surface area contributed by atoms with Gasteiger partial charge in [0.1, 0.15) is 12.4 Å². The van der Waals surface area contributed by atoms with Gasteiger partial charge in [-0.05, 0) is 41.5 Å². The van der Waals surface area contributed by atoms with E-state index in [4.69, 9.17) is 4.74 Å². The molecule has 5 nitrogen and oxygen atoms in total. The third-order valence-electron chi connectivity index (χ3n) is 5.14. The van der Waals surface area contributed by atoms with E-state index >= 15 is 0 Å². The summed E-state index contributed by atoms with van der Waals surface area (Å²) in [6.45, 7) is 4.63. The third kappa shape index (κ3) is 5.21. The molecule has 0 saturated carbocycles. The molecule has 0 bridgehead atoms. The minimum Gasteiger partial charge on any atom is -0.489 e. The molecule has 1 saturated heterocycles. The van der Waals surface area contributed by atoms with Crippen LogP contribution in [0.25, 0.3) is 0 Å². The fraction of sp³-hybridized carbons (Fsp3) is 0.250. The van der Waals surface area contributed by atoms with Crippen LogP contribution in [-0.2, 0) is 13.2 Å². The van der Waals surface area contributed by atoms with Crippen LogP contribution in [0.15, 0.2) is 79.1 Å². The Morgan fingerprint density at radius 3 is 2.31 bits per heavy atom. The molecule has 1 fully saturated rings. The van der Waals surface area contributed by atoms with Crippen molar-refractivity contribution in [2.24, 2.45) is 0 Å². The highest BCUT2D eigenvalue weighted by Crippen LogP contribution is 2.15. The zero-order valence-electron chi connectivity index (χ0n) is 16.4. The maximum absolute atomic E-state index is 12.8. The number of aromatic nitrogens is 1. The predicted octanol–water partition coefficient (Wildman–Crippen LogP) is 3.62. The molecule has 1 amide bonds. The van der Waals surface area contributed by atoms with Gasteiger partial charge in [-0.3, -0.25) is 14.7 Å². The second-order valence-electron chi connectivity index (χ2n) is 7.23. The second kappa shape index (κ2) is 9.34. The molecule has 29 heavy (non-hydrogen) atoms. The molecule has 3 aromatic rings. The van der Waals surface area contributed by atoms with Gasteiger partial charge in [0.25, 0.3) is 5.91 Å². The Morgan fingerprint density at radius 2 is 1.62 bits per heavy atom. The van der Waals surface area contributed by atoms with Crippen molar-refractivity contribution in [2.75, 3.05) is 26.2 Å². The molecule has 2 aromatic carbocycles. The number of amides is 1. The second-order valence-corrected chi connectivity index (χ2v) is 7.23. The first-order chi connectivity index (χ1) is 14.3. The van der Waals surface area contributed by atoms with E-state index in [2.05, 4.69) is 16.0 Å². The van der Waals surface area contributed by atoms with Crippen molar-refractivity contribution in [3.05, 3.63) is 95.8 Å². The lowest BCUT2D eigenvalue weighted by Crippen LogP contribution is -2.48. The van der Waals surface area contributed by atoms with Crippen LogP contribution in [0.3, 0.4) is 0 Å². The highest BCUT2D eigenvalue weighted by molar-refractivity contribution is 5.94. The number of hydrogen-bond donors (Lipinski definition) is 0. The van der Waals surface area contributed by atoms with E-state index in [9.17, 15) is 4.79 Å². The number of ether oxygens (including phenoxy) is 1. The zero-order chi connectivity index (χ0) is 19.9. The first-order valence-electron chi connectivity index (χ1n) is 9.95. The predicted molar refractivity (Wildman–Crippen MR) is 113 cm³/mol. The molecule has 0 atom stereocenters. The number of para-hydroxylation sites is 1. The number of carbonyl (C=O) groups excluding carboxylic acids is 1. The molecule has 0 unspecified atom stereocenters. The summed E-state index contributed by atoms with van der Waals surface area (Å²) in [7, 11) is 0. The van der Waals surface area contributed by atoms with Gasteiger partial charge in [0, 0.05) is 50.7 Å². The summed E-state index contributed by atoms with van der Waals surface area (Å²) in [5, 5.41) is 0. The monoisotopic (exact) mass is 387 g/mol. The molecule has 0 aliphatic carbocycles. The summed E-state index contributed by atoms with van der Waals surface area (Å²) in [6, 6.07) is 21.5. The molecule has 1 aliphatic heterocycles. The molecule has 0 radical (unpaired) electrons. The van der Waals surface area contributed by atoms with Crippen LogP contribution in [0.5, 0.6) is 5.75 Å². The number of benzene rings is 2. The normalized spacial score (nSPS) is 14.6. The van der Waals surface area contributed by atoms with Gasteiger partial charge in [-0.1, -0.05) is 36.4 Å². The Morgan fingerprint density at radius 1 is 0.862 bits per heavy atom. The van der Waals surface area contributed by atoms with Crippen LogP contribution in [0.4, 0.5) is 0 Å². The van der Waals surface area contributed by atoms with Crippen LogP contribution in [-0.4, -0.2) is 46.9 Å². The summed E-state index contributed by atoms with van der Waals surface area (Å²) in [6.07, 6.45) is 3.69. The maximum atomic E-state index is 12.8. The van der Waals surface area contributed by atoms with E-state index in [1.54, 1.807) is 6.20 Å². The summed E-state index contributed by atoms with van der Waals surface area (Å²) >= 11 is 0. The molecule has 2 heterocycles. The highest BCUT2D eigenvalue weighted by atomic mass is 16.5. The largest absolute Gasteiger partial charge is 0.489 e. The van der Waals surface area contributed by atoms with E-state index in [-0.39, 0.29) is 5.91 Å². The van der Waals surface area contributed by atoms with Gasteiger partial charge >= 0.3 is 0 Å². The number of piperazine rings is 1. The average Bonchev–Trinajstić information content (AvgIpc) is 2.79. The summed E-state index contributed by atoms with van der Waals surface area (Å²) in [5.41, 5.74) is 2.99. The summed E-state index contributed by atoms with van der Waals surface area (Å²) < 4.78 is 5.76. The number of carbonyl (C=O) groups is 1. The summed E-state index contributed by atoms with van der Waals surface area (Å²) in [5.74, 6) is 0.943. The van der Waals surface area contributed by atoms with Gasteiger partial charge in [0.2, 0.25) is 0 Å². The van der Waals surface area contributed by atoms with Crippen LogP contribution in [0.2, 0.25) is 0 Å². The van der Waals surface area contributed by atoms with Gasteiger partial charge in [0.15, 0.2) is 0 Å². The van der Waals surface area contributed by atoms with Gasteiger partial charge < -0.3 is 9.64 Å². The van der Waals surface area contributed by atoms with Crippen molar-refractivity contribution in [1.29, 1.82) is 0 Å². The van der Waals surface area contributed by atoms with Crippen LogP contribution >= 0.6 is 0 Å². The molecule has 1 aromatic heterocycles. The van der Waals surface area contributed by atoms with Crippen molar-refractivity contribution < 1.29 is 9.53 Å². The Labute approximate surface area is 171 Å². The Bertz CT molecular complexity index is 906. The fourth-order valence-electron chi connectivity index (χ4n) is 3.47. The van der Waals surface area contributed by atoms with Crippen LogP contribution in [0, 0.1) is 0 Å². The number of pyridine rings is 1. The van der Waals surface area contributed by atoms with Crippen molar-refractivity contribution in [2.45, 2.75) is 13.2 Å². The number of rotatable bonds is 6. The number of nitrogens with zero attached hydrogens (tertiary/aromatic N) is 3. The van der Waals surface area contributed by atoms with Crippen molar-refractivity contribution in [1.82, 2.24) is 14.8 Å². The smallest absolute Gasteiger partial charge is 0.253 e. The van der Waals surface area contributed by atoms with E-state index in [0.717, 1.165) is 49.6 Å². The van der Waals surface area contributed by atoms with Crippen molar-refractivity contribution in [3.8, 4) is 5.75 Å². The molecule has 148 valence electrons. The van der Waals surface area contributed by atoms with Crippen molar-refractivity contribution >= 4 is 5.91 Å². The molecular formula is C24H25N3O2. The van der Waals surface area contributed by atoms with Crippen LogP contribution in [0.1, 0.15) is 21.5 Å². The van der Waals surface area contributed by atoms with Crippen molar-refractivity contribution in [3.63, 3.8) is 0 Å². The Kier molecular flexibility index (Phi) is 6.17. The third-order valence-corrected chi connectivity index (χ3v) is 5.14. The standard InChI is InChI=1S/C24H25N3O2/c28-24(27-15-13-26(14-16-27)18-21-5-4-12-25-17-21)22-10-8-20(9-11-22)19-29-23-6-2-1-3-7-23/h1-12,17H,13-16,18-19H2. The minimum atomic E-state index is 0.0987. The quantitative estimate of drug-likeness (QED) is 0.648. The molecule has 4 rings (SSSR count). The lowest BCUT2D eigenvalue weighted by atomic mass is 10.1. The molecule has 1 aliphatic rings. The fourth-order valence-corrected chi connectivity index (χ4v) is 3.47. The van der Waals surface area contributed by atoms with E-state index in [1.165, 1.54) is 5.56 Å². The SMILES string of the molecule is O=C(c1ccc(COc2ccccc2)cc1)N1CCN(Cc2cccnc2)CC1. The lowest BCUT2D eigenvalue weighted by molar-refractivity contribution is 0.0628. The molecule has 5 heteroatoms. The highest BCUT2D eigenvalue weighted by Gasteiger charge is 2.22. The van der Waals surface area contributed by atoms with E-state index < -0.39 is 0 Å². The lowest BCUT2D eigenvalue weighted by Gasteiger charge is -2.34. The first kappa shape index (κ1) is 19.2. The zero-order valence-corrected chi connectivity index (χ0v) is 16.4. The Hall–Kier alpha value is -3.18. The molecular weight excluding hydrogens is 362 g/mol. The number of hydrogen-bond acceptors (Lipinski definition) is 4. The van der Waals surface area contributed by atoms with Crippen LogP contribution < -0.4 is 4.74 Å². The first-order valence-corrected chi connectivity index (χ1v) is 9.95. The molecule has 0 N–H and O–H groups in total. The van der Waals surface area contributed by atoms with Gasteiger partial charge in [-0.15, -0.1) is 0 Å². The van der Waals surface area contributed by atoms with Gasteiger partial charge in [-0.2, -0.15) is 0 Å². The van der Waals surface area contributed by atoms with Gasteiger partial charge in [0.05, 0.1) is 0 Å².